The summed E-state index contributed by atoms with van der Waals surface area (Å²) >= 11 is 0. The largest absolute Gasteiger partial charge is 0.394 e. The van der Waals surface area contributed by atoms with Crippen LogP contribution in [-0.4, -0.2) is 275 Å². The van der Waals surface area contributed by atoms with Crippen LogP contribution in [0.4, 0.5) is 11.4 Å². The predicted octanol–water partition coefficient (Wildman–Crippen LogP) is 2.14. The van der Waals surface area contributed by atoms with Gasteiger partial charge in [-0.3, -0.25) is 9.59 Å². The number of aliphatic hydroxyl groups excluding tert-OH is 10. The third-order valence-corrected chi connectivity index (χ3v) is 21.2. The number of nitrogens with one attached hydrogen (secondary N) is 2. The molecule has 12 N–H and O–H groups in total. The number of anilines is 1. The van der Waals surface area contributed by atoms with Gasteiger partial charge in [-0.2, -0.15) is 4.58 Å². The number of amides is 2. The van der Waals surface area contributed by atoms with Gasteiger partial charge in [0.25, 0.3) is 5.91 Å². The minimum Gasteiger partial charge on any atom is -0.394 e. The minimum absolute atomic E-state index is 0.0200. The third kappa shape index (κ3) is 15.8. The average molecular weight is 1420 g/mol. The van der Waals surface area contributed by atoms with E-state index in [9.17, 15) is 60.7 Å². The molecule has 0 saturated carbocycles. The molecule has 8 bridgehead atoms. The maximum Gasteiger partial charge on any atom is 0.286 e. The number of rotatable bonds is 23. The summed E-state index contributed by atoms with van der Waals surface area (Å²) in [5.74, 6) is -0.402. The van der Waals surface area contributed by atoms with Gasteiger partial charge in [0.05, 0.1) is 44.1 Å². The Balaban J connectivity index is 0.684. The van der Waals surface area contributed by atoms with Crippen molar-refractivity contribution in [2.45, 2.75) is 206 Å². The summed E-state index contributed by atoms with van der Waals surface area (Å²) < 4.78 is 62.7. The van der Waals surface area contributed by atoms with E-state index < -0.39 is 160 Å². The van der Waals surface area contributed by atoms with E-state index in [1.807, 2.05) is 60.7 Å². The molecule has 20 atom stereocenters. The maximum atomic E-state index is 14.1. The Kier molecular flexibility index (Phi) is 24.9. The summed E-state index contributed by atoms with van der Waals surface area (Å²) in [6, 6.07) is 24.9. The normalized spacial score (nSPS) is 34.3. The molecule has 12 saturated heterocycles. The second-order valence-electron chi connectivity index (χ2n) is 28.6. The molecule has 14 heterocycles. The zero-order valence-electron chi connectivity index (χ0n) is 58.2. The molecular weight excluding hydrogens is 1320 g/mol. The molecule has 2 amide bonds. The second-order valence-corrected chi connectivity index (χ2v) is 28.6. The third-order valence-electron chi connectivity index (χ3n) is 21.2. The predicted molar refractivity (Wildman–Crippen MR) is 373 cm³/mol. The number of hydrogen-bond acceptors (Lipinski definition) is 23. The first-order valence-electron chi connectivity index (χ1n) is 35.9. The molecule has 4 aromatic rings. The van der Waals surface area contributed by atoms with E-state index in [0.717, 1.165) is 55.5 Å². The molecule has 14 aliphatic rings. The van der Waals surface area contributed by atoms with Crippen LogP contribution in [0.15, 0.2) is 121 Å². The molecule has 18 rings (SSSR count). The van der Waals surface area contributed by atoms with Gasteiger partial charge in [0.2, 0.25) is 18.1 Å². The van der Waals surface area contributed by atoms with Crippen LogP contribution in [0.3, 0.4) is 0 Å². The van der Waals surface area contributed by atoms with Gasteiger partial charge in [-0.05, 0) is 97.7 Å². The van der Waals surface area contributed by atoms with Gasteiger partial charge >= 0.3 is 0 Å². The Morgan fingerprint density at radius 3 is 1.75 bits per heavy atom. The van der Waals surface area contributed by atoms with Crippen LogP contribution in [0.25, 0.3) is 21.5 Å². The Hall–Kier alpha value is -6.03. The van der Waals surface area contributed by atoms with Crippen LogP contribution in [-0.2, 0) is 67.8 Å². The summed E-state index contributed by atoms with van der Waals surface area (Å²) in [4.78, 5) is 30.1. The number of carbonyl (C=O) groups is 2. The van der Waals surface area contributed by atoms with Crippen molar-refractivity contribution in [1.82, 2.24) is 10.6 Å². The first-order valence-corrected chi connectivity index (χ1v) is 35.9. The lowest BCUT2D eigenvalue weighted by molar-refractivity contribution is -0.425. The van der Waals surface area contributed by atoms with Crippen molar-refractivity contribution < 1.29 is 113 Å². The Morgan fingerprint density at radius 1 is 0.549 bits per heavy atom. The molecule has 26 heteroatoms. The monoisotopic (exact) mass is 1420 g/mol. The van der Waals surface area contributed by atoms with E-state index in [4.69, 9.17) is 47.4 Å². The van der Waals surface area contributed by atoms with E-state index in [2.05, 4.69) is 102 Å². The minimum atomic E-state index is -1.59. The molecule has 12 fully saturated rings. The molecule has 2 unspecified atom stereocenters. The highest BCUT2D eigenvalue weighted by atomic mass is 16.7. The van der Waals surface area contributed by atoms with Crippen LogP contribution in [0.2, 0.25) is 0 Å². The number of ether oxygens (including phenoxy) is 10. The molecule has 0 aromatic heterocycles. The number of benzene rings is 4. The van der Waals surface area contributed by atoms with Gasteiger partial charge < -0.3 is 114 Å². The van der Waals surface area contributed by atoms with Crippen LogP contribution in [0.5, 0.6) is 0 Å². The highest BCUT2D eigenvalue weighted by molar-refractivity contribution is 6.08. The second kappa shape index (κ2) is 33.6. The summed E-state index contributed by atoms with van der Waals surface area (Å²) in [7, 11) is 0. The van der Waals surface area contributed by atoms with Gasteiger partial charge in [0.15, 0.2) is 18.3 Å². The summed E-state index contributed by atoms with van der Waals surface area (Å²) in [6.45, 7) is 7.88. The Bertz CT molecular complexity index is 3690. The van der Waals surface area contributed by atoms with Crippen molar-refractivity contribution in [3.8, 4) is 0 Å². The highest BCUT2D eigenvalue weighted by Crippen LogP contribution is 2.51. The standard InChI is InChI=1S/C76H100N4O22/c1-75(2)55(79(47-28-26-43-18-10-12-20-45(43)59(47)75)33-30-57(85)77-31-16-37-96-72-66(92)69-52(40-82)100-74(72)102-70-53(41-83)97-49(22-14-34-94-69)61(87)62(70)88)24-8-6-5-7-9-25-56-76(3,4)60-46-21-13-11-19-44(46)27-29-48(60)80(56)38-58(86)78-32-17-36-95-67-50-23-15-35-93-68-51(39-81)99-73(64(90)63(68)89)101-71(65(67)91)54(42-84)98-50/h5-13,18-21,24-29,49-54,61-74,81-84,87-92H,14-17,22-23,30-42H2,1-4H3,(H-,77,78,85,86)/p+1/t49-,50-,51-,52-,53-,54-,61+,62-,63-,64-,65-,66+,67+,68-,69-,70-,71?,72-,73-,74?/m1/s1. The Morgan fingerprint density at radius 2 is 1.08 bits per heavy atom. The van der Waals surface area contributed by atoms with E-state index in [1.165, 1.54) is 0 Å². The van der Waals surface area contributed by atoms with Gasteiger partial charge in [-0.1, -0.05) is 98.8 Å². The maximum absolute atomic E-state index is 14.1. The molecule has 0 aliphatic carbocycles. The molecule has 14 aliphatic heterocycles. The van der Waals surface area contributed by atoms with E-state index in [-0.39, 0.29) is 64.3 Å². The summed E-state index contributed by atoms with van der Waals surface area (Å²) in [6.07, 6.45) is -7.30. The topological polar surface area (TPSA) is 359 Å². The SMILES string of the molecule is CC1(C)C(=CC=CC=CC=CC2=[N+](CC(=O)NCCCO[C@H]3[C@H]4CCCO[C@H]5[C@H](O)[C@@H](O)[C@@H](OC([C@@H](CO)O4)[C@@H]3O)O[C@@H]5CO)c3ccc4ccccc4c3C2(C)C)N(CCC(=O)NCCCO[C@H]2C3O[C@H]4[C@H](O)[C@@H](O)[C@@H](CCCO[C@@H]([C@@H]2O)[C@@H](CO)O3)O[C@@H]4CO)c2ccc3ccccc3c21. The molecule has 0 radical (unpaired) electrons. The van der Waals surface area contributed by atoms with Crippen molar-refractivity contribution in [2.75, 3.05) is 83.9 Å². The number of hydrogen-bond donors (Lipinski definition) is 12. The number of fused-ring (bicyclic) bond motifs is 6. The lowest BCUT2D eigenvalue weighted by Crippen LogP contribution is -2.65. The number of carbonyl (C=O) groups excluding carboxylic acids is 2. The summed E-state index contributed by atoms with van der Waals surface area (Å²) in [5, 5.41) is 119. The average Bonchev–Trinajstić information content (AvgIpc) is 1.58. The van der Waals surface area contributed by atoms with Crippen LogP contribution < -0.4 is 15.5 Å². The highest BCUT2D eigenvalue weighted by Gasteiger charge is 2.55. The van der Waals surface area contributed by atoms with Crippen LogP contribution in [0.1, 0.15) is 83.8 Å². The van der Waals surface area contributed by atoms with E-state index in [0.29, 0.717) is 45.1 Å². The van der Waals surface area contributed by atoms with Crippen molar-refractivity contribution in [3.05, 3.63) is 132 Å². The zero-order valence-corrected chi connectivity index (χ0v) is 58.2. The van der Waals surface area contributed by atoms with Gasteiger partial charge in [-0.25, -0.2) is 0 Å². The van der Waals surface area contributed by atoms with Crippen molar-refractivity contribution in [1.29, 1.82) is 0 Å². The fourth-order valence-electron chi connectivity index (χ4n) is 16.1. The lowest BCUT2D eigenvalue weighted by atomic mass is 9.79. The molecule has 0 spiro atoms. The molecular formula is C76H101N4O22+. The van der Waals surface area contributed by atoms with E-state index in [1.54, 1.807) is 0 Å². The number of aliphatic hydroxyl groups is 10. The number of allylic oxidation sites excluding steroid dienone is 8. The molecule has 4 aromatic carbocycles. The molecule has 102 heavy (non-hydrogen) atoms. The molecule has 556 valence electrons. The van der Waals surface area contributed by atoms with Crippen molar-refractivity contribution in [3.63, 3.8) is 0 Å². The smallest absolute Gasteiger partial charge is 0.286 e. The fourth-order valence-corrected chi connectivity index (χ4v) is 16.1. The molecule has 26 nitrogen and oxygen atoms in total. The van der Waals surface area contributed by atoms with Gasteiger partial charge in [0, 0.05) is 87.0 Å². The lowest BCUT2D eigenvalue weighted by Gasteiger charge is -2.47. The van der Waals surface area contributed by atoms with Crippen molar-refractivity contribution >= 4 is 50.4 Å². The van der Waals surface area contributed by atoms with Gasteiger partial charge in [-0.15, -0.1) is 0 Å². The Labute approximate surface area is 593 Å². The summed E-state index contributed by atoms with van der Waals surface area (Å²) in [5.41, 5.74) is 5.13. The fraction of sp³-hybridized carbons (Fsp3) is 0.592. The first-order chi connectivity index (χ1) is 49.3. The van der Waals surface area contributed by atoms with E-state index >= 15 is 0 Å². The van der Waals surface area contributed by atoms with Crippen LogP contribution >= 0.6 is 0 Å². The zero-order chi connectivity index (χ0) is 72.0. The quantitative estimate of drug-likeness (QED) is 0.0287. The van der Waals surface area contributed by atoms with Crippen LogP contribution in [0, 0.1) is 0 Å². The number of nitrogens with zero attached hydrogens (tertiary/aromatic N) is 2. The van der Waals surface area contributed by atoms with Crippen molar-refractivity contribution in [2.24, 2.45) is 0 Å². The van der Waals surface area contributed by atoms with Gasteiger partial charge in [0.1, 0.15) is 97.7 Å². The first kappa shape index (κ1) is 75.6.